The van der Waals surface area contributed by atoms with Crippen LogP contribution in [0.4, 0.5) is 0 Å². The van der Waals surface area contributed by atoms with Crippen molar-refractivity contribution in [3.63, 3.8) is 0 Å². The van der Waals surface area contributed by atoms with Crippen molar-refractivity contribution in [1.29, 1.82) is 0 Å². The predicted octanol–water partition coefficient (Wildman–Crippen LogP) is 3.29. The summed E-state index contributed by atoms with van der Waals surface area (Å²) in [5, 5.41) is 13.3. The number of phenols is 1. The molecule has 2 aromatic rings. The van der Waals surface area contributed by atoms with E-state index in [0.29, 0.717) is 16.8 Å². The number of aromatic hydroxyl groups is 1. The first-order valence-corrected chi connectivity index (χ1v) is 6.81. The molecule has 0 spiro atoms. The summed E-state index contributed by atoms with van der Waals surface area (Å²) in [7, 11) is 0. The van der Waals surface area contributed by atoms with Gasteiger partial charge in [-0.3, -0.25) is 4.79 Å². The van der Waals surface area contributed by atoms with Crippen molar-refractivity contribution < 1.29 is 14.3 Å². The lowest BCUT2D eigenvalue weighted by Crippen LogP contribution is -2.19. The van der Waals surface area contributed by atoms with Crippen LogP contribution < -0.4 is 5.43 Å². The maximum atomic E-state index is 11.8. The van der Waals surface area contributed by atoms with Crippen LogP contribution in [-0.2, 0) is 0 Å². The highest BCUT2D eigenvalue weighted by Gasteiger charge is 2.10. The number of nitrogens with one attached hydrogen (secondary N) is 1. The van der Waals surface area contributed by atoms with E-state index in [1.54, 1.807) is 36.4 Å². The monoisotopic (exact) mass is 336 g/mol. The molecular weight excluding hydrogens is 324 g/mol. The summed E-state index contributed by atoms with van der Waals surface area (Å²) in [5.74, 6) is -0.0455. The Hall–Kier alpha value is -2.08. The van der Waals surface area contributed by atoms with E-state index in [4.69, 9.17) is 4.42 Å². The van der Waals surface area contributed by atoms with Crippen molar-refractivity contribution in [3.8, 4) is 5.75 Å². The zero-order valence-corrected chi connectivity index (χ0v) is 12.3. The van der Waals surface area contributed by atoms with Crippen molar-refractivity contribution in [2.45, 2.75) is 13.3 Å². The van der Waals surface area contributed by atoms with Crippen LogP contribution in [0.5, 0.6) is 5.75 Å². The molecule has 6 heteroatoms. The van der Waals surface area contributed by atoms with Gasteiger partial charge in [-0.05, 0) is 64.3 Å². The van der Waals surface area contributed by atoms with E-state index in [-0.39, 0.29) is 11.5 Å². The molecule has 1 aromatic heterocycles. The van der Waals surface area contributed by atoms with E-state index in [9.17, 15) is 9.90 Å². The summed E-state index contributed by atoms with van der Waals surface area (Å²) in [6, 6.07) is 9.83. The number of carbonyl (C=O) groups is 1. The van der Waals surface area contributed by atoms with Crippen LogP contribution >= 0.6 is 15.9 Å². The third-order valence-electron chi connectivity index (χ3n) is 2.62. The van der Waals surface area contributed by atoms with E-state index in [2.05, 4.69) is 26.5 Å². The molecule has 0 aliphatic rings. The second-order valence-electron chi connectivity index (χ2n) is 4.00. The molecule has 0 saturated heterocycles. The van der Waals surface area contributed by atoms with Crippen molar-refractivity contribution in [3.05, 3.63) is 52.4 Å². The van der Waals surface area contributed by atoms with Gasteiger partial charge < -0.3 is 9.52 Å². The van der Waals surface area contributed by atoms with Crippen molar-refractivity contribution in [2.24, 2.45) is 5.10 Å². The van der Waals surface area contributed by atoms with Crippen LogP contribution in [0.15, 0.2) is 50.6 Å². The van der Waals surface area contributed by atoms with Gasteiger partial charge in [0.15, 0.2) is 10.4 Å². The molecule has 0 aliphatic heterocycles. The van der Waals surface area contributed by atoms with Gasteiger partial charge in [0, 0.05) is 0 Å². The predicted molar refractivity (Wildman–Crippen MR) is 78.8 cm³/mol. The number of rotatable bonds is 4. The number of halogens is 1. The Balaban J connectivity index is 2.11. The fourth-order valence-electron chi connectivity index (χ4n) is 1.61. The average Bonchev–Trinajstić information content (AvgIpc) is 2.88. The Morgan fingerprint density at radius 2 is 2.00 bits per heavy atom. The highest BCUT2D eigenvalue weighted by Crippen LogP contribution is 2.14. The van der Waals surface area contributed by atoms with Gasteiger partial charge in [0.25, 0.3) is 0 Å². The number of furan rings is 1. The summed E-state index contributed by atoms with van der Waals surface area (Å²) in [5.41, 5.74) is 4.00. The third-order valence-corrected chi connectivity index (χ3v) is 3.05. The summed E-state index contributed by atoms with van der Waals surface area (Å²) < 4.78 is 5.62. The van der Waals surface area contributed by atoms with Gasteiger partial charge >= 0.3 is 5.91 Å². The summed E-state index contributed by atoms with van der Waals surface area (Å²) >= 11 is 3.13. The molecule has 2 rings (SSSR count). The lowest BCUT2D eigenvalue weighted by Gasteiger charge is -2.04. The van der Waals surface area contributed by atoms with E-state index in [1.807, 2.05) is 6.92 Å². The molecule has 2 N–H and O–H groups in total. The molecular formula is C14H13BrN2O3. The van der Waals surface area contributed by atoms with Crippen LogP contribution in [0.3, 0.4) is 0 Å². The number of nitrogens with zero attached hydrogens (tertiary/aromatic N) is 1. The number of hydrazone groups is 1. The Labute approximate surface area is 124 Å². The van der Waals surface area contributed by atoms with Gasteiger partial charge in [0.05, 0.1) is 5.71 Å². The molecule has 1 amide bonds. The summed E-state index contributed by atoms with van der Waals surface area (Å²) in [6.45, 7) is 1.93. The summed E-state index contributed by atoms with van der Waals surface area (Å²) in [4.78, 5) is 11.8. The van der Waals surface area contributed by atoms with Gasteiger partial charge in [0.2, 0.25) is 0 Å². The first-order valence-electron chi connectivity index (χ1n) is 6.01. The van der Waals surface area contributed by atoms with E-state index in [1.165, 1.54) is 0 Å². The molecule has 0 unspecified atom stereocenters. The topological polar surface area (TPSA) is 74.8 Å². The van der Waals surface area contributed by atoms with Crippen LogP contribution in [0.25, 0.3) is 0 Å². The largest absolute Gasteiger partial charge is 0.508 e. The number of hydrogen-bond acceptors (Lipinski definition) is 4. The molecule has 0 bridgehead atoms. The Morgan fingerprint density at radius 3 is 2.55 bits per heavy atom. The van der Waals surface area contributed by atoms with E-state index < -0.39 is 5.91 Å². The standard InChI is InChI=1S/C14H13BrN2O3/c1-2-11(9-3-5-10(18)6-4-9)16-17-14(19)12-7-8-13(15)20-12/h3-8,18H,2H2,1H3,(H,17,19). The molecule has 20 heavy (non-hydrogen) atoms. The molecule has 0 saturated carbocycles. The first-order chi connectivity index (χ1) is 9.60. The number of amides is 1. The molecule has 104 valence electrons. The second kappa shape index (κ2) is 6.38. The molecule has 1 heterocycles. The molecule has 1 aromatic carbocycles. The molecule has 0 radical (unpaired) electrons. The van der Waals surface area contributed by atoms with Gasteiger partial charge in [0.1, 0.15) is 5.75 Å². The van der Waals surface area contributed by atoms with Crippen LogP contribution in [0, 0.1) is 0 Å². The zero-order valence-electron chi connectivity index (χ0n) is 10.8. The summed E-state index contributed by atoms with van der Waals surface area (Å²) in [6.07, 6.45) is 0.646. The maximum Gasteiger partial charge on any atom is 0.307 e. The minimum Gasteiger partial charge on any atom is -0.508 e. The van der Waals surface area contributed by atoms with E-state index >= 15 is 0 Å². The first kappa shape index (κ1) is 14.3. The van der Waals surface area contributed by atoms with Crippen LogP contribution in [-0.4, -0.2) is 16.7 Å². The minimum absolute atomic E-state index is 0.182. The highest BCUT2D eigenvalue weighted by molar-refractivity contribution is 9.10. The van der Waals surface area contributed by atoms with Gasteiger partial charge in [-0.1, -0.05) is 6.92 Å². The van der Waals surface area contributed by atoms with Crippen molar-refractivity contribution in [2.75, 3.05) is 0 Å². The van der Waals surface area contributed by atoms with Gasteiger partial charge in [-0.2, -0.15) is 5.10 Å². The zero-order chi connectivity index (χ0) is 14.5. The van der Waals surface area contributed by atoms with Gasteiger partial charge in [-0.15, -0.1) is 0 Å². The number of benzene rings is 1. The lowest BCUT2D eigenvalue weighted by molar-refractivity contribution is 0.0926. The Kier molecular flexibility index (Phi) is 4.57. The Bertz CT molecular complexity index is 632. The average molecular weight is 337 g/mol. The van der Waals surface area contributed by atoms with E-state index in [0.717, 1.165) is 5.56 Å². The van der Waals surface area contributed by atoms with Crippen molar-refractivity contribution in [1.82, 2.24) is 5.43 Å². The quantitative estimate of drug-likeness (QED) is 0.664. The lowest BCUT2D eigenvalue weighted by atomic mass is 10.1. The highest BCUT2D eigenvalue weighted by atomic mass is 79.9. The molecule has 0 atom stereocenters. The maximum absolute atomic E-state index is 11.8. The SMILES string of the molecule is CCC(=NNC(=O)c1ccc(Br)o1)c1ccc(O)cc1. The molecule has 5 nitrogen and oxygen atoms in total. The normalized spacial score (nSPS) is 11.4. The molecule has 0 aliphatic carbocycles. The molecule has 0 fully saturated rings. The second-order valence-corrected chi connectivity index (χ2v) is 4.79. The van der Waals surface area contributed by atoms with Crippen LogP contribution in [0.1, 0.15) is 29.5 Å². The third kappa shape index (κ3) is 3.48. The van der Waals surface area contributed by atoms with Gasteiger partial charge in [-0.25, -0.2) is 5.43 Å². The fraction of sp³-hybridized carbons (Fsp3) is 0.143. The van der Waals surface area contributed by atoms with Crippen LogP contribution in [0.2, 0.25) is 0 Å². The van der Waals surface area contributed by atoms with Crippen molar-refractivity contribution >= 4 is 27.5 Å². The smallest absolute Gasteiger partial charge is 0.307 e. The fourth-order valence-corrected chi connectivity index (χ4v) is 1.92. The Morgan fingerprint density at radius 1 is 1.30 bits per heavy atom. The minimum atomic E-state index is -0.416. The number of carbonyl (C=O) groups excluding carboxylic acids is 1. The number of phenolic OH excluding ortho intramolecular Hbond substituents is 1. The number of hydrogen-bond donors (Lipinski definition) is 2.